The number of rotatable bonds is 8. The quantitative estimate of drug-likeness (QED) is 0.152. The molecule has 0 amide bonds. The van der Waals surface area contributed by atoms with Crippen molar-refractivity contribution in [2.45, 2.75) is 6.92 Å². The van der Waals surface area contributed by atoms with Crippen LogP contribution in [-0.4, -0.2) is 4.57 Å². The second-order valence-electron chi connectivity index (χ2n) is 16.6. The van der Waals surface area contributed by atoms with E-state index >= 15 is 0 Å². The summed E-state index contributed by atoms with van der Waals surface area (Å²) in [6, 6.07) is 85.2. The first-order chi connectivity index (χ1) is 31.7. The first-order valence-electron chi connectivity index (χ1n) is 21.9. The topological polar surface area (TPSA) is 21.3 Å². The molecule has 0 spiro atoms. The molecule has 0 bridgehead atoms. The summed E-state index contributed by atoms with van der Waals surface area (Å²) in [5, 5.41) is 4.62. The lowest BCUT2D eigenvalue weighted by Crippen LogP contribution is -2.13. The van der Waals surface area contributed by atoms with Crippen LogP contribution >= 0.6 is 0 Å². The number of benzene rings is 10. The molecule has 64 heavy (non-hydrogen) atoms. The minimum absolute atomic E-state index is 0.863. The van der Waals surface area contributed by atoms with E-state index in [1.165, 1.54) is 49.6 Å². The zero-order chi connectivity index (χ0) is 42.6. The van der Waals surface area contributed by atoms with E-state index in [1.54, 1.807) is 0 Å². The third-order valence-corrected chi connectivity index (χ3v) is 12.7. The Morgan fingerprint density at radius 2 is 0.906 bits per heavy atom. The maximum Gasteiger partial charge on any atom is 0.143 e. The Hall–Kier alpha value is -8.40. The normalized spacial score (nSPS) is 11.5. The summed E-state index contributed by atoms with van der Waals surface area (Å²) in [4.78, 5) is 2.46. The summed E-state index contributed by atoms with van der Waals surface area (Å²) < 4.78 is 9.26. The lowest BCUT2D eigenvalue weighted by molar-refractivity contribution is 0.670. The van der Waals surface area contributed by atoms with Gasteiger partial charge in [-0.3, -0.25) is 0 Å². The van der Waals surface area contributed by atoms with Crippen LogP contribution in [0.1, 0.15) is 5.56 Å². The number of nitrogens with zero attached hydrogens (tertiary/aromatic N) is 2. The molecule has 0 atom stereocenters. The molecular formula is C61H42N2O. The maximum absolute atomic E-state index is 6.88. The molecule has 0 unspecified atom stereocenters. The average molecular weight is 819 g/mol. The van der Waals surface area contributed by atoms with Gasteiger partial charge in [-0.25, -0.2) is 0 Å². The molecule has 0 saturated carbocycles. The van der Waals surface area contributed by atoms with Gasteiger partial charge in [0, 0.05) is 49.7 Å². The molecule has 10 aromatic carbocycles. The van der Waals surface area contributed by atoms with Crippen LogP contribution in [0.15, 0.2) is 241 Å². The van der Waals surface area contributed by atoms with Crippen molar-refractivity contribution in [2.24, 2.45) is 0 Å². The zero-order valence-corrected chi connectivity index (χ0v) is 35.3. The number of aromatic nitrogens is 1. The fraction of sp³-hybridized carbons (Fsp3) is 0.0164. The zero-order valence-electron chi connectivity index (χ0n) is 35.3. The molecule has 0 fully saturated rings. The van der Waals surface area contributed by atoms with Gasteiger partial charge >= 0.3 is 0 Å². The van der Waals surface area contributed by atoms with Crippen molar-refractivity contribution in [1.29, 1.82) is 0 Å². The van der Waals surface area contributed by atoms with Gasteiger partial charge in [0.05, 0.1) is 16.7 Å². The standard InChI is InChI=1S/C61H42N2O/c1-41-36-47(43-20-7-3-8-21-43)38-54(45-22-9-4-10-23-45)60(41)62(48-34-32-44(33-35-48)42-18-5-2-6-19-42)50-39-55(61-56(40-50)53-28-13-16-31-59(53)64-61)46-24-17-25-49(37-46)63-57-29-14-11-26-51(57)52-27-12-15-30-58(52)63/h2-40H,1H3. The average Bonchev–Trinajstić information content (AvgIpc) is 3.91. The number of furan rings is 1. The highest BCUT2D eigenvalue weighted by atomic mass is 16.3. The third-order valence-electron chi connectivity index (χ3n) is 12.7. The summed E-state index contributed by atoms with van der Waals surface area (Å²) in [6.07, 6.45) is 0. The highest BCUT2D eigenvalue weighted by molar-refractivity contribution is 6.13. The van der Waals surface area contributed by atoms with Gasteiger partial charge < -0.3 is 13.9 Å². The Labute approximate surface area is 372 Å². The summed E-state index contributed by atoms with van der Waals surface area (Å²) >= 11 is 0. The summed E-state index contributed by atoms with van der Waals surface area (Å²) in [7, 11) is 0. The lowest BCUT2D eigenvalue weighted by atomic mass is 9.92. The predicted octanol–water partition coefficient (Wildman–Crippen LogP) is 17.1. The number of hydrogen-bond acceptors (Lipinski definition) is 2. The monoisotopic (exact) mass is 818 g/mol. The molecule has 0 N–H and O–H groups in total. The lowest BCUT2D eigenvalue weighted by Gasteiger charge is -2.31. The van der Waals surface area contributed by atoms with Crippen molar-refractivity contribution in [1.82, 2.24) is 4.57 Å². The molecule has 0 aliphatic heterocycles. The smallest absolute Gasteiger partial charge is 0.143 e. The van der Waals surface area contributed by atoms with E-state index in [1.807, 2.05) is 0 Å². The van der Waals surface area contributed by atoms with Gasteiger partial charge in [0.15, 0.2) is 0 Å². The molecule has 0 aliphatic rings. The fourth-order valence-corrected chi connectivity index (χ4v) is 9.72. The van der Waals surface area contributed by atoms with Crippen LogP contribution < -0.4 is 4.90 Å². The van der Waals surface area contributed by atoms with Gasteiger partial charge in [0.2, 0.25) is 0 Å². The van der Waals surface area contributed by atoms with E-state index < -0.39 is 0 Å². The number of hydrogen-bond donors (Lipinski definition) is 0. The Kier molecular flexibility index (Phi) is 9.05. The molecule has 0 saturated heterocycles. The van der Waals surface area contributed by atoms with Crippen molar-refractivity contribution in [2.75, 3.05) is 4.90 Å². The minimum Gasteiger partial charge on any atom is -0.455 e. The van der Waals surface area contributed by atoms with E-state index in [4.69, 9.17) is 4.42 Å². The van der Waals surface area contributed by atoms with E-state index in [9.17, 15) is 0 Å². The predicted molar refractivity (Wildman–Crippen MR) is 269 cm³/mol. The number of anilines is 3. The molecule has 302 valence electrons. The Morgan fingerprint density at radius 1 is 0.359 bits per heavy atom. The summed E-state index contributed by atoms with van der Waals surface area (Å²) in [5.41, 5.74) is 18.7. The van der Waals surface area contributed by atoms with Crippen molar-refractivity contribution in [3.8, 4) is 50.2 Å². The number of fused-ring (bicyclic) bond motifs is 6. The van der Waals surface area contributed by atoms with Crippen LogP contribution in [0.3, 0.4) is 0 Å². The van der Waals surface area contributed by atoms with Crippen LogP contribution in [0, 0.1) is 6.92 Å². The first kappa shape index (κ1) is 37.4. The van der Waals surface area contributed by atoms with E-state index in [-0.39, 0.29) is 0 Å². The Morgan fingerprint density at radius 3 is 1.58 bits per heavy atom. The molecule has 3 heteroatoms. The van der Waals surface area contributed by atoms with E-state index in [0.29, 0.717) is 0 Å². The summed E-state index contributed by atoms with van der Waals surface area (Å²) in [6.45, 7) is 2.25. The van der Waals surface area contributed by atoms with Crippen molar-refractivity contribution < 1.29 is 4.42 Å². The van der Waals surface area contributed by atoms with Gasteiger partial charge in [0.1, 0.15) is 11.2 Å². The fourth-order valence-electron chi connectivity index (χ4n) is 9.72. The summed E-state index contributed by atoms with van der Waals surface area (Å²) in [5.74, 6) is 0. The van der Waals surface area contributed by atoms with Gasteiger partial charge in [-0.15, -0.1) is 0 Å². The SMILES string of the molecule is Cc1cc(-c2ccccc2)cc(-c2ccccc2)c1N(c1ccc(-c2ccccc2)cc1)c1cc(-c2cccc(-n3c4ccccc4c4ccccc43)c2)c2oc3ccccc3c2c1. The van der Waals surface area contributed by atoms with Crippen molar-refractivity contribution >= 4 is 60.8 Å². The first-order valence-corrected chi connectivity index (χ1v) is 21.9. The van der Waals surface area contributed by atoms with Crippen LogP contribution in [0.2, 0.25) is 0 Å². The second-order valence-corrected chi connectivity index (χ2v) is 16.6. The van der Waals surface area contributed by atoms with Crippen molar-refractivity contribution in [3.63, 3.8) is 0 Å². The molecule has 2 aromatic heterocycles. The Balaban J connectivity index is 1.13. The molecule has 12 rings (SSSR count). The number of para-hydroxylation sites is 3. The maximum atomic E-state index is 6.88. The van der Waals surface area contributed by atoms with Crippen molar-refractivity contribution in [3.05, 3.63) is 242 Å². The minimum atomic E-state index is 0.863. The van der Waals surface area contributed by atoms with Crippen LogP contribution in [0.4, 0.5) is 17.1 Å². The molecule has 0 radical (unpaired) electrons. The van der Waals surface area contributed by atoms with Gasteiger partial charge in [-0.2, -0.15) is 0 Å². The number of aryl methyl sites for hydroxylation is 1. The van der Waals surface area contributed by atoms with Crippen LogP contribution in [0.25, 0.3) is 93.9 Å². The van der Waals surface area contributed by atoms with Crippen LogP contribution in [0.5, 0.6) is 0 Å². The molecule has 3 nitrogen and oxygen atoms in total. The van der Waals surface area contributed by atoms with E-state index in [2.05, 4.69) is 253 Å². The Bertz CT molecular complexity index is 3610. The second kappa shape index (κ2) is 15.5. The van der Waals surface area contributed by atoms with Gasteiger partial charge in [-0.1, -0.05) is 170 Å². The molecule has 2 heterocycles. The molecule has 0 aliphatic carbocycles. The van der Waals surface area contributed by atoms with E-state index in [0.717, 1.165) is 66.9 Å². The van der Waals surface area contributed by atoms with Gasteiger partial charge in [-0.05, 0) is 113 Å². The third kappa shape index (κ3) is 6.37. The highest BCUT2D eigenvalue weighted by Gasteiger charge is 2.25. The molecular weight excluding hydrogens is 777 g/mol. The van der Waals surface area contributed by atoms with Crippen LogP contribution in [-0.2, 0) is 0 Å². The molecule has 12 aromatic rings. The largest absolute Gasteiger partial charge is 0.455 e. The van der Waals surface area contributed by atoms with Gasteiger partial charge in [0.25, 0.3) is 0 Å². The highest BCUT2D eigenvalue weighted by Crippen LogP contribution is 2.48.